The third kappa shape index (κ3) is 3.50. The van der Waals surface area contributed by atoms with Crippen molar-refractivity contribution in [2.75, 3.05) is 4.90 Å². The summed E-state index contributed by atoms with van der Waals surface area (Å²) in [4.78, 5) is 23.5. The van der Waals surface area contributed by atoms with E-state index in [1.54, 1.807) is 4.90 Å². The molecule has 1 aliphatic rings. The number of fused-ring (bicyclic) bond motifs is 3. The minimum absolute atomic E-state index is 0.167. The number of anilines is 1. The highest BCUT2D eigenvalue weighted by atomic mass is 35.5. The number of alkyl halides is 1. The number of nitrogens with one attached hydrogen (secondary N) is 1. The van der Waals surface area contributed by atoms with E-state index in [0.29, 0.717) is 21.5 Å². The summed E-state index contributed by atoms with van der Waals surface area (Å²) in [6, 6.07) is 15.7. The van der Waals surface area contributed by atoms with Gasteiger partial charge in [-0.15, -0.1) is 32.0 Å². The number of hydrogen-bond acceptors (Lipinski definition) is 8. The number of aryl methyl sites for hydroxylation is 1. The molecule has 1 N–H and O–H groups in total. The lowest BCUT2D eigenvalue weighted by Crippen LogP contribution is -2.56. The third-order valence-electron chi connectivity index (χ3n) is 5.53. The number of nitrogens with zero attached hydrogens (tertiary/aromatic N) is 6. The van der Waals surface area contributed by atoms with E-state index < -0.39 is 5.38 Å². The number of halogens is 1. The summed E-state index contributed by atoms with van der Waals surface area (Å²) in [5.41, 5.74) is 3.98. The number of carbonyl (C=O) groups is 1. The van der Waals surface area contributed by atoms with Crippen molar-refractivity contribution in [3.8, 4) is 0 Å². The van der Waals surface area contributed by atoms with E-state index in [4.69, 9.17) is 11.6 Å². The van der Waals surface area contributed by atoms with Crippen molar-refractivity contribution in [3.63, 3.8) is 0 Å². The first-order valence-corrected chi connectivity index (χ1v) is 12.3. The maximum atomic E-state index is 12.5. The molecule has 0 saturated carbocycles. The van der Waals surface area contributed by atoms with E-state index in [-0.39, 0.29) is 11.9 Å². The van der Waals surface area contributed by atoms with Crippen molar-refractivity contribution in [2.24, 2.45) is 4.99 Å². The summed E-state index contributed by atoms with van der Waals surface area (Å²) in [6.45, 7) is 2.32. The topological polar surface area (TPSA) is 100 Å². The van der Waals surface area contributed by atoms with Crippen LogP contribution in [0.5, 0.6) is 0 Å². The van der Waals surface area contributed by atoms with Gasteiger partial charge in [-0.05, 0) is 18.6 Å². The smallest absolute Gasteiger partial charge is 0.250 e. The number of amides is 1. The van der Waals surface area contributed by atoms with Gasteiger partial charge >= 0.3 is 0 Å². The molecule has 2 atom stereocenters. The molecule has 164 valence electrons. The maximum absolute atomic E-state index is 12.5. The fourth-order valence-electron chi connectivity index (χ4n) is 3.83. The molecule has 0 spiro atoms. The summed E-state index contributed by atoms with van der Waals surface area (Å²) < 4.78 is 0. The number of aromatic nitrogens is 5. The lowest BCUT2D eigenvalue weighted by molar-refractivity contribution is -0.123. The van der Waals surface area contributed by atoms with E-state index in [1.807, 2.05) is 55.5 Å². The van der Waals surface area contributed by atoms with Crippen LogP contribution in [0.3, 0.4) is 0 Å². The molecule has 1 aliphatic heterocycles. The first-order valence-electron chi connectivity index (χ1n) is 10.2. The van der Waals surface area contributed by atoms with Crippen molar-refractivity contribution < 1.29 is 4.79 Å². The number of hydrogen-bond donors (Lipinski definition) is 1. The van der Waals surface area contributed by atoms with Gasteiger partial charge in [0, 0.05) is 10.9 Å². The second-order valence-corrected chi connectivity index (χ2v) is 10.2. The van der Waals surface area contributed by atoms with Gasteiger partial charge in [-0.2, -0.15) is 0 Å². The van der Waals surface area contributed by atoms with Gasteiger partial charge < -0.3 is 4.98 Å². The van der Waals surface area contributed by atoms with Gasteiger partial charge in [-0.1, -0.05) is 70.7 Å². The molecule has 3 aromatic heterocycles. The molecule has 33 heavy (non-hydrogen) atoms. The molecule has 1 amide bonds. The predicted octanol–water partition coefficient (Wildman–Crippen LogP) is 4.13. The molecule has 11 heteroatoms. The Kier molecular flexibility index (Phi) is 4.93. The van der Waals surface area contributed by atoms with Gasteiger partial charge in [0.25, 0.3) is 0 Å². The molecule has 6 rings (SSSR count). The Hall–Kier alpha value is -3.21. The zero-order chi connectivity index (χ0) is 22.5. The van der Waals surface area contributed by atoms with E-state index >= 15 is 0 Å². The van der Waals surface area contributed by atoms with E-state index in [0.717, 1.165) is 32.4 Å². The van der Waals surface area contributed by atoms with Crippen LogP contribution in [0.2, 0.25) is 0 Å². The Balaban J connectivity index is 1.25. The second kappa shape index (κ2) is 7.98. The fraction of sp³-hybridized carbons (Fsp3) is 0.182. The van der Waals surface area contributed by atoms with Gasteiger partial charge in [-0.25, -0.2) is 4.99 Å². The van der Waals surface area contributed by atoms with E-state index in [1.165, 1.54) is 22.7 Å². The van der Waals surface area contributed by atoms with Crippen molar-refractivity contribution in [3.05, 3.63) is 69.5 Å². The SMILES string of the molecule is Cc1ccc(C2C(Cl)C(=O)N2c2nnc(CN=c3nnc4c([nH]c5ccccc54)s3)s2)cc1. The van der Waals surface area contributed by atoms with Crippen LogP contribution in [0.25, 0.3) is 21.3 Å². The molecular formula is C22H16ClN7OS2. The number of carbonyl (C=O) groups excluding carboxylic acids is 1. The first kappa shape index (κ1) is 20.4. The highest BCUT2D eigenvalue weighted by Gasteiger charge is 2.49. The monoisotopic (exact) mass is 493 g/mol. The Labute approximate surface area is 200 Å². The van der Waals surface area contributed by atoms with Crippen molar-refractivity contribution in [1.29, 1.82) is 0 Å². The molecule has 4 heterocycles. The van der Waals surface area contributed by atoms with Gasteiger partial charge in [0.1, 0.15) is 20.7 Å². The zero-order valence-electron chi connectivity index (χ0n) is 17.3. The highest BCUT2D eigenvalue weighted by molar-refractivity contribution is 7.16. The average molecular weight is 494 g/mol. The zero-order valence-corrected chi connectivity index (χ0v) is 19.7. The number of para-hydroxylation sites is 1. The third-order valence-corrected chi connectivity index (χ3v) is 7.76. The van der Waals surface area contributed by atoms with E-state index in [2.05, 4.69) is 30.4 Å². The van der Waals surface area contributed by atoms with Crippen LogP contribution in [-0.4, -0.2) is 36.7 Å². The summed E-state index contributed by atoms with van der Waals surface area (Å²) in [6.07, 6.45) is 0. The lowest BCUT2D eigenvalue weighted by atomic mass is 9.93. The molecule has 2 unspecified atom stereocenters. The maximum Gasteiger partial charge on any atom is 0.250 e. The molecule has 8 nitrogen and oxygen atoms in total. The minimum atomic E-state index is -0.607. The molecule has 2 aromatic carbocycles. The largest absolute Gasteiger partial charge is 0.345 e. The van der Waals surface area contributed by atoms with Gasteiger partial charge in [0.2, 0.25) is 15.8 Å². The van der Waals surface area contributed by atoms with Gasteiger partial charge in [0.05, 0.1) is 12.6 Å². The molecule has 1 saturated heterocycles. The molecule has 5 aromatic rings. The normalized spacial score (nSPS) is 18.9. The molecular weight excluding hydrogens is 478 g/mol. The summed E-state index contributed by atoms with van der Waals surface area (Å²) in [5, 5.41) is 18.7. The molecule has 0 aliphatic carbocycles. The minimum Gasteiger partial charge on any atom is -0.345 e. The average Bonchev–Trinajstić information content (AvgIpc) is 3.45. The number of H-pyrrole nitrogens is 1. The Bertz CT molecular complexity index is 1570. The van der Waals surface area contributed by atoms with Crippen molar-refractivity contribution >= 4 is 66.6 Å². The standard InChI is InChI=1S/C22H16ClN7OS2/c1-11-6-8-12(9-7-11)18-16(23)20(31)30(18)22-29-26-15(32-22)10-24-21-28-27-17-13-4-2-3-5-14(13)25-19(17)33-21/h2-9,16,18,25H,10H2,1H3. The first-order chi connectivity index (χ1) is 16.1. The molecule has 0 radical (unpaired) electrons. The Morgan fingerprint density at radius 1 is 1.06 bits per heavy atom. The van der Waals surface area contributed by atoms with E-state index in [9.17, 15) is 4.79 Å². The van der Waals surface area contributed by atoms with Crippen LogP contribution in [-0.2, 0) is 11.3 Å². The summed E-state index contributed by atoms with van der Waals surface area (Å²) in [7, 11) is 0. The van der Waals surface area contributed by atoms with Gasteiger partial charge in [-0.3, -0.25) is 9.69 Å². The Morgan fingerprint density at radius 3 is 2.73 bits per heavy atom. The van der Waals surface area contributed by atoms with Gasteiger partial charge in [0.15, 0.2) is 0 Å². The quantitative estimate of drug-likeness (QED) is 0.300. The number of rotatable bonds is 4. The summed E-state index contributed by atoms with van der Waals surface area (Å²) >= 11 is 9.11. The van der Waals surface area contributed by atoms with Crippen LogP contribution in [0.4, 0.5) is 5.13 Å². The van der Waals surface area contributed by atoms with Crippen LogP contribution in [0, 0.1) is 6.92 Å². The second-order valence-electron chi connectivity index (χ2n) is 7.69. The summed E-state index contributed by atoms with van der Waals surface area (Å²) in [5.74, 6) is -0.167. The van der Waals surface area contributed by atoms with Crippen LogP contribution in [0.15, 0.2) is 53.5 Å². The van der Waals surface area contributed by atoms with Crippen LogP contribution < -0.4 is 9.70 Å². The van der Waals surface area contributed by atoms with Crippen molar-refractivity contribution in [2.45, 2.75) is 24.9 Å². The molecule has 1 fully saturated rings. The Morgan fingerprint density at radius 2 is 1.88 bits per heavy atom. The molecule has 0 bridgehead atoms. The van der Waals surface area contributed by atoms with Crippen LogP contribution >= 0.6 is 34.3 Å². The number of aromatic amines is 1. The van der Waals surface area contributed by atoms with Crippen LogP contribution in [0.1, 0.15) is 22.2 Å². The number of β-lactam (4-membered cyclic amide) rings is 1. The predicted molar refractivity (Wildman–Crippen MR) is 129 cm³/mol. The fourth-order valence-corrected chi connectivity index (χ4v) is 5.80. The van der Waals surface area contributed by atoms with Crippen molar-refractivity contribution in [1.82, 2.24) is 25.4 Å². The highest BCUT2D eigenvalue weighted by Crippen LogP contribution is 2.43. The number of benzene rings is 2. The lowest BCUT2D eigenvalue weighted by Gasteiger charge is -2.42.